The number of aryl methyl sites for hydroxylation is 2. The number of imidazole rings is 2. The molecule has 0 aliphatic heterocycles. The van der Waals surface area contributed by atoms with Gasteiger partial charge in [-0.15, -0.1) is 0 Å². The fourth-order valence-electron chi connectivity index (χ4n) is 4.75. The van der Waals surface area contributed by atoms with E-state index in [-0.39, 0.29) is 5.97 Å². The van der Waals surface area contributed by atoms with Crippen LogP contribution in [0.5, 0.6) is 0 Å². The van der Waals surface area contributed by atoms with Gasteiger partial charge in [-0.25, -0.2) is 0 Å². The van der Waals surface area contributed by atoms with Crippen LogP contribution >= 0.6 is 0 Å². The van der Waals surface area contributed by atoms with Gasteiger partial charge in [0.2, 0.25) is 0 Å². The van der Waals surface area contributed by atoms with Gasteiger partial charge in [-0.3, -0.25) is 0 Å². The van der Waals surface area contributed by atoms with E-state index in [9.17, 15) is 4.79 Å². The first-order chi connectivity index (χ1) is 17.1. The fraction of sp³-hybridized carbons (Fsp3) is 0.464. The Hall–Kier alpha value is -2.63. The number of unbranched alkanes of at least 4 members (excludes halogenated alkanes) is 6. The monoisotopic (exact) mass is 539 g/mol. The van der Waals surface area contributed by atoms with Crippen LogP contribution in [0.15, 0.2) is 36.4 Å². The van der Waals surface area contributed by atoms with Gasteiger partial charge >= 0.3 is 216 Å². The number of aromatic nitrogens is 4. The summed E-state index contributed by atoms with van der Waals surface area (Å²) in [6.45, 7) is 6.27. The molecule has 0 spiro atoms. The molecule has 4 rings (SSSR count). The number of rotatable bonds is 12. The molecular weight excluding hydrogens is 503 g/mol. The van der Waals surface area contributed by atoms with Gasteiger partial charge in [0.15, 0.2) is 0 Å². The number of fused-ring (bicyclic) bond motifs is 2. The number of esters is 1. The number of carbonyl (C=O) groups is 1. The van der Waals surface area contributed by atoms with Crippen LogP contribution < -0.4 is 4.72 Å². The number of carbonyl (C=O) groups excluding carboxylic acids is 1. The molecule has 0 amide bonds. The summed E-state index contributed by atoms with van der Waals surface area (Å²) in [6.07, 6.45) is 9.55. The third-order valence-corrected chi connectivity index (χ3v) is 7.27. The Kier molecular flexibility index (Phi) is 8.64. The van der Waals surface area contributed by atoms with E-state index in [2.05, 4.69) is 57.2 Å². The third kappa shape index (κ3) is 5.46. The molecule has 185 valence electrons. The fourth-order valence-corrected chi connectivity index (χ4v) is 5.34. The van der Waals surface area contributed by atoms with E-state index in [4.69, 9.17) is 14.7 Å². The van der Waals surface area contributed by atoms with Crippen molar-refractivity contribution in [2.24, 2.45) is 0 Å². The van der Waals surface area contributed by atoms with Gasteiger partial charge in [-0.05, 0) is 0 Å². The Balaban J connectivity index is 1.82. The van der Waals surface area contributed by atoms with Crippen molar-refractivity contribution < 1.29 is 9.53 Å². The van der Waals surface area contributed by atoms with Gasteiger partial charge in [0, 0.05) is 0 Å². The maximum atomic E-state index is 12.1. The number of para-hydroxylation sites is 1. The summed E-state index contributed by atoms with van der Waals surface area (Å²) in [4.78, 5) is 22.0. The van der Waals surface area contributed by atoms with Crippen molar-refractivity contribution in [3.05, 3.63) is 42.0 Å². The molecule has 0 fully saturated rings. The van der Waals surface area contributed by atoms with Crippen LogP contribution in [0, 0.1) is 0 Å². The normalized spacial score (nSPS) is 11.5. The predicted octanol–water partition coefficient (Wildman–Crippen LogP) is 5.79. The van der Waals surface area contributed by atoms with E-state index in [1.165, 1.54) is 32.8 Å². The van der Waals surface area contributed by atoms with E-state index >= 15 is 0 Å². The van der Waals surface area contributed by atoms with Crippen LogP contribution in [0.1, 0.15) is 75.6 Å². The zero-order chi connectivity index (χ0) is 24.8. The third-order valence-electron chi connectivity index (χ3n) is 6.61. The Labute approximate surface area is 215 Å². The van der Waals surface area contributed by atoms with E-state index in [1.807, 2.05) is 18.2 Å². The molecule has 0 saturated carbocycles. The van der Waals surface area contributed by atoms with Crippen LogP contribution in [0.2, 0.25) is 0 Å². The summed E-state index contributed by atoms with van der Waals surface area (Å²) >= 11 is 3.17. The van der Waals surface area contributed by atoms with Crippen molar-refractivity contribution in [2.45, 2.75) is 78.3 Å². The van der Waals surface area contributed by atoms with Crippen LogP contribution in [0.3, 0.4) is 0 Å². The summed E-state index contributed by atoms with van der Waals surface area (Å²) in [7, 11) is 1.41. The SMILES string of the molecule is CCCCCCCn1c([Se])nc2cccc(-c3nc4cc(C(=O)OC)ccc4n3CCCCC)c21. The molecule has 2 aromatic carbocycles. The average Bonchev–Trinajstić information content (AvgIpc) is 3.39. The van der Waals surface area contributed by atoms with Gasteiger partial charge in [0.05, 0.1) is 0 Å². The second-order valence-corrected chi connectivity index (χ2v) is 9.89. The summed E-state index contributed by atoms with van der Waals surface area (Å²) in [6, 6.07) is 11.9. The maximum absolute atomic E-state index is 12.1. The molecule has 0 saturated heterocycles. The molecule has 2 heterocycles. The number of methoxy groups -OCH3 is 1. The quantitative estimate of drug-likeness (QED) is 0.130. The van der Waals surface area contributed by atoms with Crippen molar-refractivity contribution in [1.82, 2.24) is 19.1 Å². The average molecular weight is 539 g/mol. The Bertz CT molecular complexity index is 1310. The Morgan fingerprint density at radius 3 is 2.37 bits per heavy atom. The second-order valence-electron chi connectivity index (χ2n) is 9.12. The minimum atomic E-state index is -0.344. The Morgan fingerprint density at radius 1 is 0.886 bits per heavy atom. The molecule has 0 aliphatic carbocycles. The van der Waals surface area contributed by atoms with E-state index < -0.39 is 0 Å². The molecule has 6 nitrogen and oxygen atoms in total. The molecule has 0 N–H and O–H groups in total. The standard InChI is InChI=1S/C28H35N4O2Se/c1-4-6-8-9-11-18-32-25-21(13-12-14-22(25)30-28(32)35)26-29-23-19-20(27(33)34-3)15-16-24(23)31(26)17-10-7-5-2/h12-16,19H,4-11,17-18H2,1-3H3. The van der Waals surface area contributed by atoms with Gasteiger partial charge in [0.1, 0.15) is 0 Å². The molecule has 0 bridgehead atoms. The number of hydrogen-bond donors (Lipinski definition) is 0. The van der Waals surface area contributed by atoms with E-state index in [0.29, 0.717) is 5.56 Å². The van der Waals surface area contributed by atoms with Crippen molar-refractivity contribution >= 4 is 48.8 Å². The molecule has 4 aromatic rings. The minimum absolute atomic E-state index is 0.344. The zero-order valence-electron chi connectivity index (χ0n) is 21.0. The first-order valence-electron chi connectivity index (χ1n) is 12.8. The molecule has 0 unspecified atom stereocenters. The van der Waals surface area contributed by atoms with E-state index in [0.717, 1.165) is 77.0 Å². The van der Waals surface area contributed by atoms with Crippen LogP contribution in [0.4, 0.5) is 0 Å². The number of benzene rings is 2. The van der Waals surface area contributed by atoms with Crippen molar-refractivity contribution in [1.29, 1.82) is 0 Å². The molecule has 1 radical (unpaired) electrons. The molecule has 0 atom stereocenters. The van der Waals surface area contributed by atoms with Gasteiger partial charge < -0.3 is 0 Å². The molecule has 2 aromatic heterocycles. The number of ether oxygens (including phenoxy) is 1. The van der Waals surface area contributed by atoms with Gasteiger partial charge in [0.25, 0.3) is 0 Å². The topological polar surface area (TPSA) is 61.9 Å². The van der Waals surface area contributed by atoms with Crippen molar-refractivity contribution in [2.75, 3.05) is 7.11 Å². The van der Waals surface area contributed by atoms with Crippen LogP contribution in [0.25, 0.3) is 33.5 Å². The molecular formula is C28H35N4O2Se. The van der Waals surface area contributed by atoms with E-state index in [1.54, 1.807) is 0 Å². The van der Waals surface area contributed by atoms with Gasteiger partial charge in [-0.2, -0.15) is 0 Å². The summed E-state index contributed by atoms with van der Waals surface area (Å²) < 4.78 is 10.5. The number of nitrogens with zero attached hydrogens (tertiary/aromatic N) is 4. The zero-order valence-corrected chi connectivity index (χ0v) is 22.8. The van der Waals surface area contributed by atoms with Crippen molar-refractivity contribution in [3.8, 4) is 11.4 Å². The van der Waals surface area contributed by atoms with Crippen molar-refractivity contribution in [3.63, 3.8) is 0 Å². The summed E-state index contributed by atoms with van der Waals surface area (Å²) in [5.74, 6) is 0.583. The first-order valence-corrected chi connectivity index (χ1v) is 13.7. The van der Waals surface area contributed by atoms with Crippen LogP contribution in [-0.4, -0.2) is 48.2 Å². The van der Waals surface area contributed by atoms with Crippen LogP contribution in [-0.2, 0) is 17.8 Å². The number of hydrogen-bond acceptors (Lipinski definition) is 4. The first kappa shape index (κ1) is 25.5. The molecule has 7 heteroatoms. The Morgan fingerprint density at radius 2 is 1.60 bits per heavy atom. The summed E-state index contributed by atoms with van der Waals surface area (Å²) in [5, 5.41) is 0. The molecule has 35 heavy (non-hydrogen) atoms. The second kappa shape index (κ2) is 11.9. The van der Waals surface area contributed by atoms with Gasteiger partial charge in [-0.1, -0.05) is 0 Å². The predicted molar refractivity (Wildman–Crippen MR) is 143 cm³/mol. The molecule has 0 aliphatic rings. The summed E-state index contributed by atoms with van der Waals surface area (Å²) in [5.41, 5.74) is 5.55.